The number of carbonyl (C=O) groups excluding carboxylic acids is 1. The van der Waals surface area contributed by atoms with Gasteiger partial charge in [-0.2, -0.15) is 0 Å². The summed E-state index contributed by atoms with van der Waals surface area (Å²) in [6.07, 6.45) is 4.55. The molecule has 0 aromatic heterocycles. The molecule has 1 N–H and O–H groups in total. The summed E-state index contributed by atoms with van der Waals surface area (Å²) < 4.78 is 0.997. The molecule has 2 atom stereocenters. The van der Waals surface area contributed by atoms with E-state index in [1.807, 2.05) is 24.3 Å². The third-order valence-electron chi connectivity index (χ3n) is 4.62. The minimum absolute atomic E-state index is 0.133. The fraction of sp³-hybridized carbons (Fsp3) is 0.562. The maximum absolute atomic E-state index is 12.2. The van der Waals surface area contributed by atoms with Crippen molar-refractivity contribution >= 4 is 21.7 Å². The van der Waals surface area contributed by atoms with Crippen LogP contribution in [0.2, 0.25) is 0 Å². The minimum Gasteiger partial charge on any atom is -0.393 e. The molecule has 1 aromatic rings. The van der Waals surface area contributed by atoms with Crippen LogP contribution in [-0.2, 0) is 0 Å². The Hall–Kier alpha value is -0.710. The Morgan fingerprint density at radius 2 is 1.80 bits per heavy atom. The molecule has 3 nitrogen and oxygen atoms in total. The predicted octanol–water partition coefficient (Wildman–Crippen LogP) is 3.01. The Morgan fingerprint density at radius 1 is 1.20 bits per heavy atom. The van der Waals surface area contributed by atoms with Gasteiger partial charge in [-0.25, -0.2) is 0 Å². The lowest BCUT2D eigenvalue weighted by Gasteiger charge is -2.37. The number of fused-ring (bicyclic) bond motifs is 2. The van der Waals surface area contributed by atoms with E-state index < -0.39 is 0 Å². The quantitative estimate of drug-likeness (QED) is 0.858. The van der Waals surface area contributed by atoms with Gasteiger partial charge in [0, 0.05) is 35.1 Å². The molecule has 3 rings (SSSR count). The zero-order chi connectivity index (χ0) is 14.1. The lowest BCUT2D eigenvalue weighted by molar-refractivity contribution is 0.0349. The van der Waals surface area contributed by atoms with Crippen LogP contribution < -0.4 is 0 Å². The summed E-state index contributed by atoms with van der Waals surface area (Å²) in [5.74, 6) is 0.211. The van der Waals surface area contributed by atoms with Crippen molar-refractivity contribution in [1.29, 1.82) is 0 Å². The molecule has 2 saturated heterocycles. The normalized spacial score (nSPS) is 29.6. The van der Waals surface area contributed by atoms with Crippen LogP contribution in [0, 0.1) is 0 Å². The number of ketones is 1. The predicted molar refractivity (Wildman–Crippen MR) is 81.8 cm³/mol. The summed E-state index contributed by atoms with van der Waals surface area (Å²) in [5, 5.41) is 9.79. The largest absolute Gasteiger partial charge is 0.393 e. The van der Waals surface area contributed by atoms with Crippen molar-refractivity contribution < 1.29 is 9.90 Å². The fourth-order valence-corrected chi connectivity index (χ4v) is 3.89. The van der Waals surface area contributed by atoms with Crippen molar-refractivity contribution in [1.82, 2.24) is 4.90 Å². The molecule has 2 fully saturated rings. The molecule has 2 heterocycles. The number of aliphatic hydroxyl groups is 1. The monoisotopic (exact) mass is 337 g/mol. The molecule has 0 radical (unpaired) electrons. The first-order valence-electron chi connectivity index (χ1n) is 7.36. The van der Waals surface area contributed by atoms with Crippen LogP contribution in [0.15, 0.2) is 28.7 Å². The van der Waals surface area contributed by atoms with Crippen LogP contribution in [0.4, 0.5) is 0 Å². The topological polar surface area (TPSA) is 40.5 Å². The van der Waals surface area contributed by atoms with Crippen molar-refractivity contribution in [3.05, 3.63) is 34.3 Å². The fourth-order valence-electron chi connectivity index (χ4n) is 3.62. The van der Waals surface area contributed by atoms with Crippen molar-refractivity contribution in [3.8, 4) is 0 Å². The summed E-state index contributed by atoms with van der Waals surface area (Å²) in [7, 11) is 0. The summed E-state index contributed by atoms with van der Waals surface area (Å²) in [6, 6.07) is 8.55. The highest BCUT2D eigenvalue weighted by atomic mass is 79.9. The SMILES string of the molecule is O=C(CCN1C2CCC1CC(O)C2)c1ccc(Br)cc1. The van der Waals surface area contributed by atoms with Gasteiger partial charge >= 0.3 is 0 Å². The van der Waals surface area contributed by atoms with Gasteiger partial charge in [0.2, 0.25) is 0 Å². The average molecular weight is 338 g/mol. The maximum Gasteiger partial charge on any atom is 0.164 e. The molecular weight excluding hydrogens is 318 g/mol. The molecule has 0 aliphatic carbocycles. The second-order valence-electron chi connectivity index (χ2n) is 5.93. The Bertz CT molecular complexity index is 474. The molecule has 2 unspecified atom stereocenters. The van der Waals surface area contributed by atoms with Gasteiger partial charge in [-0.1, -0.05) is 28.1 Å². The zero-order valence-corrected chi connectivity index (χ0v) is 13.1. The number of nitrogens with zero attached hydrogens (tertiary/aromatic N) is 1. The Morgan fingerprint density at radius 3 is 2.40 bits per heavy atom. The summed E-state index contributed by atoms with van der Waals surface area (Å²) in [5.41, 5.74) is 0.789. The van der Waals surface area contributed by atoms with Gasteiger partial charge in [0.05, 0.1) is 6.10 Å². The first-order chi connectivity index (χ1) is 9.63. The van der Waals surface area contributed by atoms with Crippen LogP contribution >= 0.6 is 15.9 Å². The first-order valence-corrected chi connectivity index (χ1v) is 8.15. The third kappa shape index (κ3) is 2.97. The Kier molecular flexibility index (Phi) is 4.24. The van der Waals surface area contributed by atoms with Crippen LogP contribution in [0.5, 0.6) is 0 Å². The minimum atomic E-state index is -0.133. The van der Waals surface area contributed by atoms with E-state index in [9.17, 15) is 9.90 Å². The smallest absolute Gasteiger partial charge is 0.164 e. The van der Waals surface area contributed by atoms with Gasteiger partial charge in [-0.3, -0.25) is 9.69 Å². The zero-order valence-electron chi connectivity index (χ0n) is 11.5. The standard InChI is InChI=1S/C16H20BrNO2/c17-12-3-1-11(2-4-12)16(20)7-8-18-13-5-6-14(18)10-15(19)9-13/h1-4,13-15,19H,5-10H2. The highest BCUT2D eigenvalue weighted by Gasteiger charge is 2.39. The molecule has 0 amide bonds. The number of Topliss-reactive ketones (excluding diaryl/α,β-unsaturated/α-hetero) is 1. The second kappa shape index (κ2) is 5.96. The van der Waals surface area contributed by atoms with Crippen molar-refractivity contribution in [2.45, 2.75) is 50.3 Å². The summed E-state index contributed by atoms with van der Waals surface area (Å²) >= 11 is 3.38. The van der Waals surface area contributed by atoms with Gasteiger partial charge in [-0.15, -0.1) is 0 Å². The van der Waals surface area contributed by atoms with Crippen molar-refractivity contribution in [2.24, 2.45) is 0 Å². The number of halogens is 1. The highest BCUT2D eigenvalue weighted by Crippen LogP contribution is 2.35. The summed E-state index contributed by atoms with van der Waals surface area (Å²) in [4.78, 5) is 14.7. The van der Waals surface area contributed by atoms with E-state index in [1.54, 1.807) is 0 Å². The molecule has 4 heteroatoms. The molecule has 2 bridgehead atoms. The molecule has 20 heavy (non-hydrogen) atoms. The van der Waals surface area contributed by atoms with E-state index >= 15 is 0 Å². The van der Waals surface area contributed by atoms with Gasteiger partial charge < -0.3 is 5.11 Å². The van der Waals surface area contributed by atoms with E-state index in [1.165, 1.54) is 12.8 Å². The van der Waals surface area contributed by atoms with E-state index in [0.29, 0.717) is 18.5 Å². The number of rotatable bonds is 4. The van der Waals surface area contributed by atoms with Crippen LogP contribution in [-0.4, -0.2) is 40.5 Å². The van der Waals surface area contributed by atoms with Gasteiger partial charge in [0.15, 0.2) is 5.78 Å². The number of piperidine rings is 1. The van der Waals surface area contributed by atoms with Crippen LogP contribution in [0.3, 0.4) is 0 Å². The number of hydrogen-bond donors (Lipinski definition) is 1. The first kappa shape index (κ1) is 14.2. The van der Waals surface area contributed by atoms with Crippen molar-refractivity contribution in [2.75, 3.05) is 6.54 Å². The lowest BCUT2D eigenvalue weighted by Crippen LogP contribution is -2.45. The number of hydrogen-bond acceptors (Lipinski definition) is 3. The van der Waals surface area contributed by atoms with Crippen LogP contribution in [0.25, 0.3) is 0 Å². The molecule has 108 valence electrons. The van der Waals surface area contributed by atoms with Crippen LogP contribution in [0.1, 0.15) is 42.5 Å². The number of benzene rings is 1. The molecule has 2 aliphatic rings. The van der Waals surface area contributed by atoms with E-state index in [2.05, 4.69) is 20.8 Å². The van der Waals surface area contributed by atoms with E-state index in [0.717, 1.165) is 29.4 Å². The molecular formula is C16H20BrNO2. The summed E-state index contributed by atoms with van der Waals surface area (Å²) in [6.45, 7) is 0.830. The molecule has 2 aliphatic heterocycles. The second-order valence-corrected chi connectivity index (χ2v) is 6.84. The third-order valence-corrected chi connectivity index (χ3v) is 5.15. The number of aliphatic hydroxyl groups excluding tert-OH is 1. The lowest BCUT2D eigenvalue weighted by atomic mass is 9.99. The molecule has 0 spiro atoms. The molecule has 0 saturated carbocycles. The average Bonchev–Trinajstić information content (AvgIpc) is 2.67. The highest BCUT2D eigenvalue weighted by molar-refractivity contribution is 9.10. The van der Waals surface area contributed by atoms with Crippen molar-refractivity contribution in [3.63, 3.8) is 0 Å². The Balaban J connectivity index is 1.57. The van der Waals surface area contributed by atoms with E-state index in [4.69, 9.17) is 0 Å². The van der Waals surface area contributed by atoms with E-state index in [-0.39, 0.29) is 11.9 Å². The Labute approximate surface area is 128 Å². The molecule has 1 aromatic carbocycles. The van der Waals surface area contributed by atoms with Gasteiger partial charge in [-0.05, 0) is 37.8 Å². The number of carbonyl (C=O) groups is 1. The maximum atomic E-state index is 12.2. The van der Waals surface area contributed by atoms with Gasteiger partial charge in [0.25, 0.3) is 0 Å². The van der Waals surface area contributed by atoms with Gasteiger partial charge in [0.1, 0.15) is 0 Å².